The number of aryl methyl sites for hydroxylation is 1. The zero-order chi connectivity index (χ0) is 27.3. The molecule has 2 amide bonds. The van der Waals surface area contributed by atoms with Crippen molar-refractivity contribution in [2.75, 3.05) is 24.7 Å². The van der Waals surface area contributed by atoms with Crippen LogP contribution in [0.3, 0.4) is 0 Å². The van der Waals surface area contributed by atoms with Crippen molar-refractivity contribution in [3.8, 4) is 22.6 Å². The third kappa shape index (κ3) is 7.00. The first-order valence-corrected chi connectivity index (χ1v) is 13.2. The summed E-state index contributed by atoms with van der Waals surface area (Å²) < 4.78 is 47.6. The van der Waals surface area contributed by atoms with Gasteiger partial charge in [0.2, 0.25) is 0 Å². The SMILES string of the molecule is CSC(=O)N1CCC(Oc2cccc(NC(=O)c3cccc(C)c3-c3ccc(OC(F)(F)F)cc3)c2)CC1. The molecule has 1 fully saturated rings. The second-order valence-electron chi connectivity index (χ2n) is 8.83. The Hall–Kier alpha value is -3.66. The fourth-order valence-electron chi connectivity index (χ4n) is 4.39. The predicted octanol–water partition coefficient (Wildman–Crippen LogP) is 7.14. The summed E-state index contributed by atoms with van der Waals surface area (Å²) in [5.74, 6) is -0.0818. The molecule has 6 nitrogen and oxygen atoms in total. The Morgan fingerprint density at radius 3 is 2.32 bits per heavy atom. The van der Waals surface area contributed by atoms with Crippen LogP contribution in [-0.4, -0.2) is 47.9 Å². The Labute approximate surface area is 223 Å². The Kier molecular flexibility index (Phi) is 8.51. The van der Waals surface area contributed by atoms with Crippen molar-refractivity contribution in [1.82, 2.24) is 4.90 Å². The van der Waals surface area contributed by atoms with Crippen molar-refractivity contribution in [2.45, 2.75) is 32.2 Å². The fraction of sp³-hybridized carbons (Fsp3) is 0.286. The van der Waals surface area contributed by atoms with Crippen molar-refractivity contribution in [3.05, 3.63) is 77.9 Å². The van der Waals surface area contributed by atoms with Gasteiger partial charge in [-0.2, -0.15) is 0 Å². The summed E-state index contributed by atoms with van der Waals surface area (Å²) in [7, 11) is 0. The normalized spacial score (nSPS) is 14.2. The summed E-state index contributed by atoms with van der Waals surface area (Å²) >= 11 is 1.20. The summed E-state index contributed by atoms with van der Waals surface area (Å²) in [6, 6.07) is 17.8. The molecule has 38 heavy (non-hydrogen) atoms. The highest BCUT2D eigenvalue weighted by molar-refractivity contribution is 8.12. The van der Waals surface area contributed by atoms with Crippen LogP contribution in [0.2, 0.25) is 0 Å². The maximum Gasteiger partial charge on any atom is 0.573 e. The Bertz CT molecular complexity index is 1290. The summed E-state index contributed by atoms with van der Waals surface area (Å²) in [5, 5.41) is 2.96. The van der Waals surface area contributed by atoms with Gasteiger partial charge >= 0.3 is 6.36 Å². The number of piperidine rings is 1. The van der Waals surface area contributed by atoms with Crippen LogP contribution < -0.4 is 14.8 Å². The molecule has 0 aromatic heterocycles. The molecule has 3 aromatic rings. The number of benzene rings is 3. The standard InChI is InChI=1S/C28H27F3N2O4S/c1-18-5-3-8-24(25(18)19-9-11-22(12-10-19)37-28(29,30)31)26(34)32-20-6-4-7-23(17-20)36-21-13-15-33(16-14-21)27(35)38-2/h3-12,17,21H,13-16H2,1-2H3,(H,32,34). The number of nitrogens with zero attached hydrogens (tertiary/aromatic N) is 1. The number of hydrogen-bond acceptors (Lipinski definition) is 5. The molecule has 1 heterocycles. The van der Waals surface area contributed by atoms with Gasteiger partial charge in [0.15, 0.2) is 0 Å². The van der Waals surface area contributed by atoms with Gasteiger partial charge < -0.3 is 19.7 Å². The molecule has 0 radical (unpaired) electrons. The first kappa shape index (κ1) is 27.4. The van der Waals surface area contributed by atoms with Crippen LogP contribution in [0.1, 0.15) is 28.8 Å². The van der Waals surface area contributed by atoms with E-state index in [9.17, 15) is 22.8 Å². The van der Waals surface area contributed by atoms with E-state index in [0.717, 1.165) is 18.4 Å². The minimum atomic E-state index is -4.78. The number of hydrogen-bond donors (Lipinski definition) is 1. The van der Waals surface area contributed by atoms with E-state index in [2.05, 4.69) is 10.1 Å². The number of alkyl halides is 3. The number of anilines is 1. The monoisotopic (exact) mass is 544 g/mol. The number of amides is 2. The molecule has 0 saturated carbocycles. The number of halogens is 3. The van der Waals surface area contributed by atoms with Crippen molar-refractivity contribution >= 4 is 28.6 Å². The van der Waals surface area contributed by atoms with Crippen molar-refractivity contribution < 1.29 is 32.2 Å². The van der Waals surface area contributed by atoms with E-state index >= 15 is 0 Å². The largest absolute Gasteiger partial charge is 0.573 e. The van der Waals surface area contributed by atoms with E-state index in [1.807, 2.05) is 24.0 Å². The van der Waals surface area contributed by atoms with Gasteiger partial charge in [-0.15, -0.1) is 13.2 Å². The van der Waals surface area contributed by atoms with Crippen LogP contribution >= 0.6 is 11.8 Å². The van der Waals surface area contributed by atoms with Crippen molar-refractivity contribution in [3.63, 3.8) is 0 Å². The Balaban J connectivity index is 1.46. The molecule has 1 aliphatic heterocycles. The summed E-state index contributed by atoms with van der Waals surface area (Å²) in [5.41, 5.74) is 2.93. The highest BCUT2D eigenvalue weighted by Gasteiger charge is 2.31. The maximum absolute atomic E-state index is 13.3. The lowest BCUT2D eigenvalue weighted by Gasteiger charge is -2.31. The van der Waals surface area contributed by atoms with Gasteiger partial charge in [-0.05, 0) is 60.2 Å². The molecule has 1 N–H and O–H groups in total. The second-order valence-corrected chi connectivity index (χ2v) is 9.58. The van der Waals surface area contributed by atoms with E-state index in [4.69, 9.17) is 4.74 Å². The van der Waals surface area contributed by atoms with Gasteiger partial charge in [-0.1, -0.05) is 42.1 Å². The first-order valence-electron chi connectivity index (χ1n) is 12.0. The lowest BCUT2D eigenvalue weighted by Crippen LogP contribution is -2.40. The topological polar surface area (TPSA) is 67.9 Å². The number of thioether (sulfide) groups is 1. The van der Waals surface area contributed by atoms with Gasteiger partial charge in [0.05, 0.1) is 0 Å². The average Bonchev–Trinajstić information content (AvgIpc) is 2.88. The highest BCUT2D eigenvalue weighted by atomic mass is 32.2. The first-order chi connectivity index (χ1) is 18.1. The number of carbonyl (C=O) groups is 2. The smallest absolute Gasteiger partial charge is 0.490 e. The minimum Gasteiger partial charge on any atom is -0.490 e. The number of likely N-dealkylation sites (tertiary alicyclic amines) is 1. The van der Waals surface area contributed by atoms with Crippen molar-refractivity contribution in [1.29, 1.82) is 0 Å². The summed E-state index contributed by atoms with van der Waals surface area (Å²) in [6.45, 7) is 3.11. The third-order valence-electron chi connectivity index (χ3n) is 6.16. The second kappa shape index (κ2) is 11.8. The zero-order valence-corrected chi connectivity index (χ0v) is 21.7. The average molecular weight is 545 g/mol. The van der Waals surface area contributed by atoms with Gasteiger partial charge in [0.25, 0.3) is 11.1 Å². The molecule has 0 unspecified atom stereocenters. The summed E-state index contributed by atoms with van der Waals surface area (Å²) in [6.07, 6.45) is -1.59. The minimum absolute atomic E-state index is 0.0282. The van der Waals surface area contributed by atoms with Crippen LogP contribution in [0.5, 0.6) is 11.5 Å². The van der Waals surface area contributed by atoms with E-state index < -0.39 is 6.36 Å². The molecular formula is C28H27F3N2O4S. The number of carbonyl (C=O) groups excluding carboxylic acids is 2. The number of ether oxygens (including phenoxy) is 2. The molecule has 0 atom stereocenters. The zero-order valence-electron chi connectivity index (χ0n) is 20.9. The molecule has 0 bridgehead atoms. The maximum atomic E-state index is 13.3. The van der Waals surface area contributed by atoms with E-state index in [-0.39, 0.29) is 23.0 Å². The molecule has 0 spiro atoms. The van der Waals surface area contributed by atoms with Crippen LogP contribution in [-0.2, 0) is 0 Å². The quantitative estimate of drug-likeness (QED) is 0.357. The molecular weight excluding hydrogens is 517 g/mol. The van der Waals surface area contributed by atoms with Crippen LogP contribution in [0.25, 0.3) is 11.1 Å². The van der Waals surface area contributed by atoms with Gasteiger partial charge in [0, 0.05) is 43.2 Å². The molecule has 3 aromatic carbocycles. The number of nitrogens with one attached hydrogen (secondary N) is 1. The summed E-state index contributed by atoms with van der Waals surface area (Å²) in [4.78, 5) is 27.0. The Morgan fingerprint density at radius 1 is 0.974 bits per heavy atom. The van der Waals surface area contributed by atoms with E-state index in [0.29, 0.717) is 41.2 Å². The highest BCUT2D eigenvalue weighted by Crippen LogP contribution is 2.32. The van der Waals surface area contributed by atoms with Crippen LogP contribution in [0, 0.1) is 6.92 Å². The van der Waals surface area contributed by atoms with Crippen molar-refractivity contribution in [2.24, 2.45) is 0 Å². The van der Waals surface area contributed by atoms with E-state index in [1.54, 1.807) is 36.6 Å². The lowest BCUT2D eigenvalue weighted by atomic mass is 9.94. The van der Waals surface area contributed by atoms with Gasteiger partial charge in [-0.3, -0.25) is 9.59 Å². The predicted molar refractivity (Wildman–Crippen MR) is 142 cm³/mol. The van der Waals surface area contributed by atoms with Gasteiger partial charge in [-0.25, -0.2) is 0 Å². The molecule has 10 heteroatoms. The molecule has 1 aliphatic rings. The molecule has 4 rings (SSSR count). The third-order valence-corrected chi connectivity index (χ3v) is 6.77. The number of rotatable bonds is 6. The Morgan fingerprint density at radius 2 is 1.66 bits per heavy atom. The van der Waals surface area contributed by atoms with Crippen LogP contribution in [0.15, 0.2) is 66.7 Å². The van der Waals surface area contributed by atoms with Gasteiger partial charge in [0.1, 0.15) is 17.6 Å². The molecule has 1 saturated heterocycles. The molecule has 200 valence electrons. The lowest BCUT2D eigenvalue weighted by molar-refractivity contribution is -0.274. The van der Waals surface area contributed by atoms with Crippen LogP contribution in [0.4, 0.5) is 23.7 Å². The molecule has 0 aliphatic carbocycles. The fourth-order valence-corrected chi connectivity index (χ4v) is 4.83. The van der Waals surface area contributed by atoms with E-state index in [1.165, 1.54) is 36.0 Å².